The van der Waals surface area contributed by atoms with Crippen molar-refractivity contribution in [2.24, 2.45) is 0 Å². The molecule has 1 atom stereocenters. The normalized spacial score (nSPS) is 18.2. The maximum Gasteiger partial charge on any atom is 0.274 e. The third-order valence-electron chi connectivity index (χ3n) is 5.46. The van der Waals surface area contributed by atoms with E-state index >= 15 is 0 Å². The van der Waals surface area contributed by atoms with E-state index < -0.39 is 5.60 Å². The number of likely N-dealkylation sites (N-methyl/N-ethyl adjacent to an activating group) is 1. The molecule has 2 amide bonds. The Hall–Kier alpha value is -3.65. The molecule has 32 heavy (non-hydrogen) atoms. The van der Waals surface area contributed by atoms with E-state index in [0.717, 1.165) is 16.7 Å². The van der Waals surface area contributed by atoms with Gasteiger partial charge < -0.3 is 14.5 Å². The second-order valence-electron chi connectivity index (χ2n) is 7.98. The Morgan fingerprint density at radius 1 is 1.06 bits per heavy atom. The lowest BCUT2D eigenvalue weighted by Gasteiger charge is -2.42. The molecular weight excluding hydrogens is 406 g/mol. The van der Waals surface area contributed by atoms with Crippen molar-refractivity contribution in [3.8, 4) is 11.1 Å². The van der Waals surface area contributed by atoms with Crippen LogP contribution in [0.25, 0.3) is 11.1 Å². The molecule has 0 saturated carbocycles. The molecule has 0 bridgehead atoms. The molecule has 2 aromatic heterocycles. The first-order chi connectivity index (χ1) is 15.5. The molecule has 1 aromatic carbocycles. The highest BCUT2D eigenvalue weighted by atomic mass is 16.5. The molecule has 3 heterocycles. The van der Waals surface area contributed by atoms with Crippen LogP contribution in [0.3, 0.4) is 0 Å². The molecule has 1 aliphatic rings. The van der Waals surface area contributed by atoms with E-state index in [0.29, 0.717) is 13.0 Å². The first kappa shape index (κ1) is 21.6. The van der Waals surface area contributed by atoms with Crippen molar-refractivity contribution in [3.05, 3.63) is 78.6 Å². The first-order valence-corrected chi connectivity index (χ1v) is 10.4. The minimum absolute atomic E-state index is 0.135. The molecule has 8 nitrogen and oxygen atoms in total. The van der Waals surface area contributed by atoms with Crippen molar-refractivity contribution in [1.29, 1.82) is 0 Å². The number of carbonyl (C=O) groups is 2. The number of pyridine rings is 1. The summed E-state index contributed by atoms with van der Waals surface area (Å²) in [5, 5.41) is 0. The van der Waals surface area contributed by atoms with Crippen molar-refractivity contribution in [2.75, 3.05) is 33.8 Å². The fraction of sp³-hybridized carbons (Fsp3) is 0.292. The van der Waals surface area contributed by atoms with E-state index in [9.17, 15) is 9.59 Å². The second kappa shape index (κ2) is 9.23. The van der Waals surface area contributed by atoms with Crippen LogP contribution < -0.4 is 0 Å². The Kier molecular flexibility index (Phi) is 6.23. The van der Waals surface area contributed by atoms with Crippen LogP contribution in [0.5, 0.6) is 0 Å². The molecule has 0 aliphatic carbocycles. The summed E-state index contributed by atoms with van der Waals surface area (Å²) >= 11 is 0. The third kappa shape index (κ3) is 4.50. The number of aromatic nitrogens is 3. The van der Waals surface area contributed by atoms with E-state index in [2.05, 4.69) is 15.0 Å². The number of amides is 2. The first-order valence-electron chi connectivity index (χ1n) is 10.4. The summed E-state index contributed by atoms with van der Waals surface area (Å²) < 4.78 is 6.12. The average Bonchev–Trinajstić information content (AvgIpc) is 2.84. The zero-order valence-corrected chi connectivity index (χ0v) is 18.1. The van der Waals surface area contributed by atoms with Crippen LogP contribution in [0.2, 0.25) is 0 Å². The van der Waals surface area contributed by atoms with Crippen molar-refractivity contribution in [3.63, 3.8) is 0 Å². The van der Waals surface area contributed by atoms with E-state index in [1.165, 1.54) is 23.5 Å². The fourth-order valence-corrected chi connectivity index (χ4v) is 3.97. The largest absolute Gasteiger partial charge is 0.361 e. The summed E-state index contributed by atoms with van der Waals surface area (Å²) in [6.07, 6.45) is 8.31. The Labute approximate surface area is 186 Å². The number of nitrogens with zero attached hydrogens (tertiary/aromatic N) is 5. The quantitative estimate of drug-likeness (QED) is 0.615. The zero-order valence-electron chi connectivity index (χ0n) is 18.1. The van der Waals surface area contributed by atoms with Gasteiger partial charge in [0, 0.05) is 51.8 Å². The summed E-state index contributed by atoms with van der Waals surface area (Å²) in [4.78, 5) is 41.7. The molecular formula is C24H25N5O3. The van der Waals surface area contributed by atoms with Gasteiger partial charge in [0.2, 0.25) is 0 Å². The van der Waals surface area contributed by atoms with Gasteiger partial charge in [-0.1, -0.05) is 30.3 Å². The van der Waals surface area contributed by atoms with Gasteiger partial charge in [0.15, 0.2) is 5.60 Å². The van der Waals surface area contributed by atoms with Gasteiger partial charge in [-0.25, -0.2) is 4.98 Å². The molecule has 1 saturated heterocycles. The average molecular weight is 431 g/mol. The van der Waals surface area contributed by atoms with Crippen LogP contribution in [0.15, 0.2) is 67.4 Å². The van der Waals surface area contributed by atoms with Crippen LogP contribution >= 0.6 is 0 Å². The van der Waals surface area contributed by atoms with Crippen LogP contribution in [0, 0.1) is 0 Å². The summed E-state index contributed by atoms with van der Waals surface area (Å²) in [5.41, 5.74) is 2.00. The summed E-state index contributed by atoms with van der Waals surface area (Å²) in [5.74, 6) is -0.442. The van der Waals surface area contributed by atoms with E-state index in [1.807, 2.05) is 36.4 Å². The van der Waals surface area contributed by atoms with E-state index in [-0.39, 0.29) is 30.7 Å². The van der Waals surface area contributed by atoms with Gasteiger partial charge in [-0.3, -0.25) is 19.6 Å². The molecule has 164 valence electrons. The van der Waals surface area contributed by atoms with Crippen LogP contribution in [0.1, 0.15) is 16.1 Å². The molecule has 8 heteroatoms. The molecule has 1 unspecified atom stereocenters. The van der Waals surface area contributed by atoms with Gasteiger partial charge in [-0.2, -0.15) is 0 Å². The van der Waals surface area contributed by atoms with Gasteiger partial charge in [0.05, 0.1) is 19.3 Å². The molecule has 0 radical (unpaired) electrons. The number of hydrogen-bond acceptors (Lipinski definition) is 6. The highest BCUT2D eigenvalue weighted by Crippen LogP contribution is 2.28. The predicted octanol–water partition coefficient (Wildman–Crippen LogP) is 2.08. The monoisotopic (exact) mass is 431 g/mol. The number of rotatable bonds is 5. The zero-order chi connectivity index (χ0) is 22.6. The molecule has 1 aliphatic heterocycles. The molecule has 3 aromatic rings. The van der Waals surface area contributed by atoms with Crippen molar-refractivity contribution in [1.82, 2.24) is 24.8 Å². The van der Waals surface area contributed by atoms with Gasteiger partial charge in [-0.15, -0.1) is 0 Å². The Bertz CT molecular complexity index is 1090. The smallest absolute Gasteiger partial charge is 0.274 e. The minimum atomic E-state index is -1.19. The van der Waals surface area contributed by atoms with Crippen molar-refractivity contribution < 1.29 is 14.3 Å². The molecule has 0 N–H and O–H groups in total. The van der Waals surface area contributed by atoms with Crippen molar-refractivity contribution >= 4 is 11.8 Å². The molecule has 1 fully saturated rings. The maximum atomic E-state index is 13.3. The Morgan fingerprint density at radius 2 is 1.88 bits per heavy atom. The lowest BCUT2D eigenvalue weighted by atomic mass is 9.89. The van der Waals surface area contributed by atoms with Gasteiger partial charge in [-0.05, 0) is 22.8 Å². The van der Waals surface area contributed by atoms with E-state index in [1.54, 1.807) is 31.4 Å². The number of morpholine rings is 1. The molecule has 4 rings (SSSR count). The molecule has 0 spiro atoms. The van der Waals surface area contributed by atoms with E-state index in [4.69, 9.17) is 4.74 Å². The standard InChI is InChI=1S/C24H25N5O3/c1-28(2)23(31)24(14-18-5-3-6-19(13-18)20-7-4-8-25-15-20)17-29(11-12-32-24)22(30)21-16-26-9-10-27-21/h3-10,13,15-16H,11-12,14,17H2,1-2H3. The van der Waals surface area contributed by atoms with Gasteiger partial charge in [0.1, 0.15) is 5.69 Å². The van der Waals surface area contributed by atoms with Crippen LogP contribution in [-0.4, -0.2) is 76.0 Å². The minimum Gasteiger partial charge on any atom is -0.361 e. The number of carbonyl (C=O) groups excluding carboxylic acids is 2. The van der Waals surface area contributed by atoms with Crippen LogP contribution in [0.4, 0.5) is 0 Å². The SMILES string of the molecule is CN(C)C(=O)C1(Cc2cccc(-c3cccnc3)c2)CN(C(=O)c2cnccn2)CCO1. The predicted molar refractivity (Wildman–Crippen MR) is 119 cm³/mol. The Morgan fingerprint density at radius 3 is 2.59 bits per heavy atom. The fourth-order valence-electron chi connectivity index (χ4n) is 3.97. The second-order valence-corrected chi connectivity index (χ2v) is 7.98. The number of benzene rings is 1. The highest BCUT2D eigenvalue weighted by molar-refractivity contribution is 5.93. The van der Waals surface area contributed by atoms with Crippen LogP contribution in [-0.2, 0) is 16.0 Å². The number of hydrogen-bond donors (Lipinski definition) is 0. The lowest BCUT2D eigenvalue weighted by molar-refractivity contribution is -0.165. The maximum absolute atomic E-state index is 13.3. The highest BCUT2D eigenvalue weighted by Gasteiger charge is 2.46. The summed E-state index contributed by atoms with van der Waals surface area (Å²) in [6, 6.07) is 11.8. The Balaban J connectivity index is 1.64. The number of ether oxygens (including phenoxy) is 1. The summed E-state index contributed by atoms with van der Waals surface area (Å²) in [7, 11) is 3.39. The lowest BCUT2D eigenvalue weighted by Crippen LogP contribution is -2.61. The topological polar surface area (TPSA) is 88.5 Å². The third-order valence-corrected chi connectivity index (χ3v) is 5.46. The van der Waals surface area contributed by atoms with Crippen molar-refractivity contribution in [2.45, 2.75) is 12.0 Å². The summed E-state index contributed by atoms with van der Waals surface area (Å²) in [6.45, 7) is 0.776. The van der Waals surface area contributed by atoms with Gasteiger partial charge in [0.25, 0.3) is 11.8 Å². The van der Waals surface area contributed by atoms with Gasteiger partial charge >= 0.3 is 0 Å².